The van der Waals surface area contributed by atoms with Crippen molar-refractivity contribution in [1.82, 2.24) is 0 Å². The van der Waals surface area contributed by atoms with E-state index in [0.717, 1.165) is 29.7 Å². The number of hydrazine groups is 1. The Morgan fingerprint density at radius 1 is 0.611 bits per heavy atom. The van der Waals surface area contributed by atoms with Crippen LogP contribution in [0.2, 0.25) is 0 Å². The van der Waals surface area contributed by atoms with Gasteiger partial charge >= 0.3 is 0 Å². The van der Waals surface area contributed by atoms with E-state index < -0.39 is 0 Å². The molecule has 36 heavy (non-hydrogen) atoms. The van der Waals surface area contributed by atoms with E-state index in [1.54, 1.807) is 12.1 Å². The van der Waals surface area contributed by atoms with Crippen LogP contribution in [0.1, 0.15) is 29.7 Å². The molecule has 188 valence electrons. The van der Waals surface area contributed by atoms with Crippen molar-refractivity contribution in [1.29, 1.82) is 0 Å². The number of nitrogens with two attached hydrogens (primary N) is 3. The molecule has 0 heterocycles. The van der Waals surface area contributed by atoms with Crippen LogP contribution < -0.4 is 17.4 Å². The zero-order valence-electron chi connectivity index (χ0n) is 19.4. The maximum Gasteiger partial charge on any atom is 0.270 e. The molecule has 0 saturated heterocycles. The fourth-order valence-corrected chi connectivity index (χ4v) is 4.27. The van der Waals surface area contributed by atoms with Gasteiger partial charge in [0.2, 0.25) is 0 Å². The van der Waals surface area contributed by atoms with Gasteiger partial charge in [0, 0.05) is 17.8 Å². The first-order valence-corrected chi connectivity index (χ1v) is 11.2. The number of rotatable bonds is 3. The number of nitrogen functional groups attached to an aromatic ring is 1. The molecule has 0 radical (unpaired) electrons. The lowest BCUT2D eigenvalue weighted by molar-refractivity contribution is -0.384. The SMILES string of the molecule is C.NN.Nc1cccc(-c2ccc3c(c2)CC3)c1.O.O=[N+]([O-])c1cccc(-c2ccc3c(c2)CC3)c1. The second-order valence-corrected chi connectivity index (χ2v) is 8.40. The van der Waals surface area contributed by atoms with Crippen molar-refractivity contribution < 1.29 is 10.4 Å². The molecule has 2 aliphatic rings. The first kappa shape index (κ1) is 28.2. The molecule has 7 heteroatoms. The Hall–Kier alpha value is -4.04. The Morgan fingerprint density at radius 2 is 1.06 bits per heavy atom. The van der Waals surface area contributed by atoms with Gasteiger partial charge in [-0.2, -0.15) is 0 Å². The summed E-state index contributed by atoms with van der Waals surface area (Å²) in [6.07, 6.45) is 4.75. The van der Waals surface area contributed by atoms with Gasteiger partial charge in [0.25, 0.3) is 5.69 Å². The summed E-state index contributed by atoms with van der Waals surface area (Å²) in [7, 11) is 0. The average molecular weight is 487 g/mol. The van der Waals surface area contributed by atoms with Crippen molar-refractivity contribution in [2.24, 2.45) is 11.7 Å². The highest BCUT2D eigenvalue weighted by molar-refractivity contribution is 5.69. The molecule has 0 fully saturated rings. The standard InChI is InChI=1S/C14H11NO2.C14H13N.CH4.H4N2.H2O/c16-15(17)14-3-1-2-11(9-14)13-7-5-10-4-6-12(10)8-13;15-14-3-1-2-11(9-14)13-7-5-10-4-6-12(10)8-13;;1-2;/h1-3,5,7-9H,4,6H2;1-3,5,7-9H,4,6,15H2;1H4;1-2H2;1H2. The van der Waals surface area contributed by atoms with Crippen LogP contribution in [0.4, 0.5) is 11.4 Å². The lowest BCUT2D eigenvalue weighted by atomic mass is 9.86. The first-order valence-electron chi connectivity index (χ1n) is 11.2. The van der Waals surface area contributed by atoms with E-state index >= 15 is 0 Å². The predicted octanol–water partition coefficient (Wildman–Crippen LogP) is 5.03. The molecule has 0 atom stereocenters. The van der Waals surface area contributed by atoms with E-state index in [0.29, 0.717) is 0 Å². The van der Waals surface area contributed by atoms with Gasteiger partial charge in [-0.1, -0.05) is 68.1 Å². The van der Waals surface area contributed by atoms with Crippen LogP contribution in [0, 0.1) is 10.1 Å². The summed E-state index contributed by atoms with van der Waals surface area (Å²) < 4.78 is 0. The van der Waals surface area contributed by atoms with E-state index in [4.69, 9.17) is 5.73 Å². The first-order chi connectivity index (χ1) is 16.6. The van der Waals surface area contributed by atoms with Crippen LogP contribution in [0.3, 0.4) is 0 Å². The van der Waals surface area contributed by atoms with Gasteiger partial charge in [-0.15, -0.1) is 0 Å². The number of non-ortho nitro benzene ring substituents is 1. The number of nitro groups is 1. The summed E-state index contributed by atoms with van der Waals surface area (Å²) in [4.78, 5) is 10.4. The van der Waals surface area contributed by atoms with Crippen molar-refractivity contribution in [3.63, 3.8) is 0 Å². The van der Waals surface area contributed by atoms with Gasteiger partial charge in [-0.05, 0) is 82.3 Å². The van der Waals surface area contributed by atoms with Crippen molar-refractivity contribution in [2.75, 3.05) is 5.73 Å². The Balaban J connectivity index is 0.000000227. The largest absolute Gasteiger partial charge is 0.412 e. The molecule has 0 aromatic heterocycles. The fourth-order valence-electron chi connectivity index (χ4n) is 4.27. The van der Waals surface area contributed by atoms with Crippen LogP contribution in [0.15, 0.2) is 84.9 Å². The number of anilines is 1. The number of benzene rings is 4. The van der Waals surface area contributed by atoms with Crippen LogP contribution >= 0.6 is 0 Å². The number of hydrogen-bond acceptors (Lipinski definition) is 5. The maximum absolute atomic E-state index is 10.7. The van der Waals surface area contributed by atoms with Gasteiger partial charge in [-0.25, -0.2) is 0 Å². The highest BCUT2D eigenvalue weighted by Crippen LogP contribution is 2.31. The van der Waals surface area contributed by atoms with Crippen LogP contribution in [-0.4, -0.2) is 10.4 Å². The Morgan fingerprint density at radius 3 is 1.47 bits per heavy atom. The minimum absolute atomic E-state index is 0. The molecular formula is C29H34N4O3. The number of fused-ring (bicyclic) bond motifs is 2. The summed E-state index contributed by atoms with van der Waals surface area (Å²) >= 11 is 0. The van der Waals surface area contributed by atoms with Crippen molar-refractivity contribution in [3.8, 4) is 22.3 Å². The summed E-state index contributed by atoms with van der Waals surface area (Å²) in [5.74, 6) is 8.00. The minimum Gasteiger partial charge on any atom is -0.412 e. The van der Waals surface area contributed by atoms with Crippen molar-refractivity contribution in [2.45, 2.75) is 33.1 Å². The molecule has 0 unspecified atom stereocenters. The Labute approximate surface area is 212 Å². The van der Waals surface area contributed by atoms with E-state index in [-0.39, 0.29) is 23.5 Å². The van der Waals surface area contributed by atoms with Crippen molar-refractivity contribution in [3.05, 3.63) is 117 Å². The average Bonchev–Trinajstić information content (AvgIpc) is 2.82. The molecule has 8 N–H and O–H groups in total. The van der Waals surface area contributed by atoms with Crippen LogP contribution in [-0.2, 0) is 25.7 Å². The summed E-state index contributed by atoms with van der Waals surface area (Å²) in [5, 5.41) is 10.7. The monoisotopic (exact) mass is 486 g/mol. The van der Waals surface area contributed by atoms with Gasteiger partial charge in [-0.3, -0.25) is 21.8 Å². The highest BCUT2D eigenvalue weighted by Gasteiger charge is 2.15. The highest BCUT2D eigenvalue weighted by atomic mass is 16.6. The third-order valence-electron chi connectivity index (χ3n) is 6.35. The predicted molar refractivity (Wildman–Crippen MR) is 148 cm³/mol. The minimum atomic E-state index is -0.357. The molecule has 0 amide bonds. The van der Waals surface area contributed by atoms with E-state index in [1.165, 1.54) is 52.3 Å². The Bertz CT molecular complexity index is 1340. The third kappa shape index (κ3) is 6.14. The molecule has 6 rings (SSSR count). The number of aryl methyl sites for hydroxylation is 4. The van der Waals surface area contributed by atoms with E-state index in [9.17, 15) is 10.1 Å². The van der Waals surface area contributed by atoms with Gasteiger partial charge in [0.15, 0.2) is 0 Å². The van der Waals surface area contributed by atoms with E-state index in [2.05, 4.69) is 48.1 Å². The van der Waals surface area contributed by atoms with E-state index in [1.807, 2.05) is 30.3 Å². The number of nitro benzene ring substituents is 1. The lowest BCUT2D eigenvalue weighted by Crippen LogP contribution is -2.07. The molecule has 0 bridgehead atoms. The molecule has 4 aromatic carbocycles. The van der Waals surface area contributed by atoms with Gasteiger partial charge in [0.05, 0.1) is 4.92 Å². The number of nitrogens with zero attached hydrogens (tertiary/aromatic N) is 1. The molecular weight excluding hydrogens is 452 g/mol. The summed E-state index contributed by atoms with van der Waals surface area (Å²) in [5.41, 5.74) is 17.0. The molecule has 0 spiro atoms. The molecule has 4 aromatic rings. The fraction of sp³-hybridized carbons (Fsp3) is 0.172. The van der Waals surface area contributed by atoms with Crippen LogP contribution in [0.25, 0.3) is 22.3 Å². The molecule has 7 nitrogen and oxygen atoms in total. The second kappa shape index (κ2) is 12.6. The van der Waals surface area contributed by atoms with Crippen LogP contribution in [0.5, 0.6) is 0 Å². The topological polar surface area (TPSA) is 153 Å². The zero-order chi connectivity index (χ0) is 24.1. The van der Waals surface area contributed by atoms with Gasteiger partial charge < -0.3 is 11.2 Å². The molecule has 0 aliphatic heterocycles. The normalized spacial score (nSPS) is 11.6. The number of hydrogen-bond donors (Lipinski definition) is 3. The summed E-state index contributed by atoms with van der Waals surface area (Å²) in [6, 6.07) is 27.8. The molecule has 2 aliphatic carbocycles. The Kier molecular flexibility index (Phi) is 9.87. The summed E-state index contributed by atoms with van der Waals surface area (Å²) in [6.45, 7) is 0. The maximum atomic E-state index is 10.7. The second-order valence-electron chi connectivity index (χ2n) is 8.40. The third-order valence-corrected chi connectivity index (χ3v) is 6.35. The smallest absolute Gasteiger partial charge is 0.270 e. The quantitative estimate of drug-likeness (QED) is 0.160. The molecule has 0 saturated carbocycles. The van der Waals surface area contributed by atoms with Gasteiger partial charge in [0.1, 0.15) is 0 Å². The zero-order valence-corrected chi connectivity index (χ0v) is 19.4. The van der Waals surface area contributed by atoms with Crippen molar-refractivity contribution >= 4 is 11.4 Å². The lowest BCUT2D eigenvalue weighted by Gasteiger charge is -2.19.